The fourth-order valence-electron chi connectivity index (χ4n) is 1.76. The minimum absolute atomic E-state index is 0.280. The molecule has 0 radical (unpaired) electrons. The lowest BCUT2D eigenvalue weighted by Gasteiger charge is -2.09. The first-order chi connectivity index (χ1) is 10.2. The van der Waals surface area contributed by atoms with Gasteiger partial charge < -0.3 is 9.53 Å². The van der Waals surface area contributed by atoms with E-state index in [1.54, 1.807) is 18.2 Å². The molecule has 0 N–H and O–H groups in total. The highest BCUT2D eigenvalue weighted by atomic mass is 35.5. The van der Waals surface area contributed by atoms with Crippen molar-refractivity contribution in [2.75, 3.05) is 0 Å². The molecular weight excluding hydrogens is 288 g/mol. The monoisotopic (exact) mass is 296 g/mol. The van der Waals surface area contributed by atoms with E-state index in [-0.39, 0.29) is 6.42 Å². The number of carbonyl (C=O) groups excluding carboxylic acids is 1. The van der Waals surface area contributed by atoms with Crippen LogP contribution in [0.2, 0.25) is 5.02 Å². The number of ether oxygens (including phenoxy) is 1. The molecule has 0 aromatic heterocycles. The largest absolute Gasteiger partial charge is 0.456 e. The molecule has 0 heterocycles. The zero-order valence-corrected chi connectivity index (χ0v) is 11.6. The van der Waals surface area contributed by atoms with Crippen LogP contribution in [0.3, 0.4) is 0 Å². The minimum Gasteiger partial charge on any atom is -0.456 e. The summed E-state index contributed by atoms with van der Waals surface area (Å²) in [5, 5.41) is 18.2. The van der Waals surface area contributed by atoms with E-state index in [9.17, 15) is 4.79 Å². The first-order valence-electron chi connectivity index (χ1n) is 6.01. The van der Waals surface area contributed by atoms with Gasteiger partial charge in [0.1, 0.15) is 17.8 Å². The zero-order valence-electron chi connectivity index (χ0n) is 10.8. The highest BCUT2D eigenvalue weighted by molar-refractivity contribution is 6.32. The van der Waals surface area contributed by atoms with E-state index >= 15 is 0 Å². The van der Waals surface area contributed by atoms with E-state index in [2.05, 4.69) is 0 Å². The molecule has 0 atom stereocenters. The lowest BCUT2D eigenvalue weighted by Crippen LogP contribution is -1.91. The highest BCUT2D eigenvalue weighted by Crippen LogP contribution is 2.31. The number of hydrogen-bond acceptors (Lipinski definition) is 4. The number of carbonyl (C=O) groups is 1. The molecule has 0 unspecified atom stereocenters. The Morgan fingerprint density at radius 2 is 1.76 bits per heavy atom. The molecule has 102 valence electrons. The predicted octanol–water partition coefficient (Wildman–Crippen LogP) is 3.62. The Balaban J connectivity index is 2.32. The van der Waals surface area contributed by atoms with Gasteiger partial charge in [0, 0.05) is 6.42 Å². The standard InChI is InChI=1S/C16H9ClN2O2/c17-15-8-11(3-4-20)1-2-16(15)21-14-6-12(9-18)5-13(7-14)10-19/h1-2,4-8H,3H2. The van der Waals surface area contributed by atoms with Gasteiger partial charge in [-0.15, -0.1) is 0 Å². The van der Waals surface area contributed by atoms with E-state index in [0.29, 0.717) is 27.6 Å². The van der Waals surface area contributed by atoms with Crippen molar-refractivity contribution in [3.8, 4) is 23.6 Å². The maximum absolute atomic E-state index is 10.5. The summed E-state index contributed by atoms with van der Waals surface area (Å²) in [6.07, 6.45) is 1.07. The van der Waals surface area contributed by atoms with Crippen molar-refractivity contribution >= 4 is 17.9 Å². The fourth-order valence-corrected chi connectivity index (χ4v) is 2.01. The smallest absolute Gasteiger partial charge is 0.146 e. The van der Waals surface area contributed by atoms with Gasteiger partial charge in [-0.1, -0.05) is 17.7 Å². The van der Waals surface area contributed by atoms with Gasteiger partial charge in [0.2, 0.25) is 0 Å². The molecule has 0 saturated carbocycles. The van der Waals surface area contributed by atoms with Gasteiger partial charge in [-0.05, 0) is 35.9 Å². The van der Waals surface area contributed by atoms with Crippen molar-refractivity contribution in [1.82, 2.24) is 0 Å². The molecule has 0 aliphatic rings. The van der Waals surface area contributed by atoms with Crippen molar-refractivity contribution in [2.24, 2.45) is 0 Å². The summed E-state index contributed by atoms with van der Waals surface area (Å²) in [5.41, 5.74) is 1.45. The molecule has 0 fully saturated rings. The van der Waals surface area contributed by atoms with Crippen LogP contribution in [-0.4, -0.2) is 6.29 Å². The molecule has 2 aromatic rings. The number of rotatable bonds is 4. The SMILES string of the molecule is N#Cc1cc(C#N)cc(Oc2ccc(CC=O)cc2Cl)c1. The molecule has 21 heavy (non-hydrogen) atoms. The van der Waals surface area contributed by atoms with E-state index in [1.165, 1.54) is 18.2 Å². The Bertz CT molecular complexity index is 741. The Hall–Kier alpha value is -2.82. The number of nitrogens with zero attached hydrogens (tertiary/aromatic N) is 2. The Morgan fingerprint density at radius 3 is 2.29 bits per heavy atom. The van der Waals surface area contributed by atoms with Gasteiger partial charge in [0.05, 0.1) is 28.3 Å². The molecule has 0 aliphatic heterocycles. The zero-order chi connectivity index (χ0) is 15.2. The van der Waals surface area contributed by atoms with Gasteiger partial charge in [-0.3, -0.25) is 0 Å². The second-order valence-corrected chi connectivity index (χ2v) is 4.61. The van der Waals surface area contributed by atoms with E-state index in [4.69, 9.17) is 26.9 Å². The molecule has 0 saturated heterocycles. The van der Waals surface area contributed by atoms with Crippen LogP contribution in [0.4, 0.5) is 0 Å². The summed E-state index contributed by atoms with van der Waals surface area (Å²) in [6, 6.07) is 13.5. The normalized spacial score (nSPS) is 9.48. The van der Waals surface area contributed by atoms with Crippen LogP contribution in [0.25, 0.3) is 0 Å². The molecule has 5 heteroatoms. The number of halogens is 1. The molecule has 0 aliphatic carbocycles. The second kappa shape index (κ2) is 6.56. The lowest BCUT2D eigenvalue weighted by atomic mass is 10.1. The Morgan fingerprint density at radius 1 is 1.10 bits per heavy atom. The van der Waals surface area contributed by atoms with Crippen LogP contribution >= 0.6 is 11.6 Å². The lowest BCUT2D eigenvalue weighted by molar-refractivity contribution is -0.107. The predicted molar refractivity (Wildman–Crippen MR) is 77.2 cm³/mol. The summed E-state index contributed by atoms with van der Waals surface area (Å²) < 4.78 is 5.60. The van der Waals surface area contributed by atoms with Crippen molar-refractivity contribution in [2.45, 2.75) is 6.42 Å². The van der Waals surface area contributed by atoms with Crippen LogP contribution in [0.5, 0.6) is 11.5 Å². The van der Waals surface area contributed by atoms with Crippen molar-refractivity contribution in [3.05, 3.63) is 58.1 Å². The second-order valence-electron chi connectivity index (χ2n) is 4.21. The molecule has 4 nitrogen and oxygen atoms in total. The minimum atomic E-state index is 0.280. The van der Waals surface area contributed by atoms with Crippen LogP contribution < -0.4 is 4.74 Å². The summed E-state index contributed by atoms with van der Waals surface area (Å²) in [6.45, 7) is 0. The molecule has 0 bridgehead atoms. The molecule has 2 aromatic carbocycles. The number of aldehydes is 1. The first kappa shape index (κ1) is 14.6. The molecule has 0 spiro atoms. The van der Waals surface area contributed by atoms with E-state index in [1.807, 2.05) is 12.1 Å². The summed E-state index contributed by atoms with van der Waals surface area (Å²) >= 11 is 6.09. The van der Waals surface area contributed by atoms with Crippen LogP contribution in [0, 0.1) is 22.7 Å². The van der Waals surface area contributed by atoms with Gasteiger partial charge >= 0.3 is 0 Å². The van der Waals surface area contributed by atoms with Crippen LogP contribution in [-0.2, 0) is 11.2 Å². The highest BCUT2D eigenvalue weighted by Gasteiger charge is 2.07. The van der Waals surface area contributed by atoms with Gasteiger partial charge in [0.25, 0.3) is 0 Å². The van der Waals surface area contributed by atoms with E-state index < -0.39 is 0 Å². The number of benzene rings is 2. The maximum Gasteiger partial charge on any atom is 0.146 e. The van der Waals surface area contributed by atoms with Crippen molar-refractivity contribution in [3.63, 3.8) is 0 Å². The topological polar surface area (TPSA) is 73.9 Å². The molecule has 0 amide bonds. The average Bonchev–Trinajstić information content (AvgIpc) is 2.50. The van der Waals surface area contributed by atoms with Gasteiger partial charge in [-0.25, -0.2) is 0 Å². The summed E-state index contributed by atoms with van der Waals surface area (Å²) in [4.78, 5) is 10.5. The quantitative estimate of drug-likeness (QED) is 0.808. The van der Waals surface area contributed by atoms with Crippen LogP contribution in [0.1, 0.15) is 16.7 Å². The van der Waals surface area contributed by atoms with E-state index in [0.717, 1.165) is 11.8 Å². The maximum atomic E-state index is 10.5. The Kier molecular flexibility index (Phi) is 4.56. The Labute approximate surface area is 126 Å². The number of nitriles is 2. The molecule has 2 rings (SSSR count). The summed E-state index contributed by atoms with van der Waals surface area (Å²) in [5.74, 6) is 0.751. The average molecular weight is 297 g/mol. The third-order valence-electron chi connectivity index (χ3n) is 2.71. The van der Waals surface area contributed by atoms with Crippen molar-refractivity contribution < 1.29 is 9.53 Å². The molecular formula is C16H9ClN2O2. The first-order valence-corrected chi connectivity index (χ1v) is 6.39. The van der Waals surface area contributed by atoms with Gasteiger partial charge in [0.15, 0.2) is 0 Å². The fraction of sp³-hybridized carbons (Fsp3) is 0.0625. The van der Waals surface area contributed by atoms with Crippen molar-refractivity contribution in [1.29, 1.82) is 10.5 Å². The number of hydrogen-bond donors (Lipinski definition) is 0. The van der Waals surface area contributed by atoms with Crippen LogP contribution in [0.15, 0.2) is 36.4 Å². The third-order valence-corrected chi connectivity index (χ3v) is 3.00. The summed E-state index contributed by atoms with van der Waals surface area (Å²) in [7, 11) is 0. The van der Waals surface area contributed by atoms with Gasteiger partial charge in [-0.2, -0.15) is 10.5 Å². The third kappa shape index (κ3) is 3.60.